The molecular weight excluding hydrogens is 368 g/mol. The van der Waals surface area contributed by atoms with Crippen LogP contribution in [0.3, 0.4) is 0 Å². The fourth-order valence-electron chi connectivity index (χ4n) is 2.36. The molecule has 0 saturated heterocycles. The normalized spacial score (nSPS) is 10.8. The number of hydrogen-bond acceptors (Lipinski definition) is 6. The lowest BCUT2D eigenvalue weighted by atomic mass is 10.1. The van der Waals surface area contributed by atoms with E-state index in [1.165, 1.54) is 11.8 Å². The van der Waals surface area contributed by atoms with Gasteiger partial charge in [0.15, 0.2) is 16.8 Å². The van der Waals surface area contributed by atoms with Crippen LogP contribution in [0.25, 0.3) is 10.7 Å². The summed E-state index contributed by atoms with van der Waals surface area (Å²) in [5.74, 6) is 0.577. The molecule has 0 radical (unpaired) electrons. The van der Waals surface area contributed by atoms with Gasteiger partial charge in [0, 0.05) is 18.5 Å². The van der Waals surface area contributed by atoms with Crippen LogP contribution in [0.4, 0.5) is 0 Å². The van der Waals surface area contributed by atoms with Gasteiger partial charge in [-0.3, -0.25) is 9.59 Å². The van der Waals surface area contributed by atoms with Crippen molar-refractivity contribution in [2.24, 2.45) is 5.73 Å². The van der Waals surface area contributed by atoms with E-state index in [9.17, 15) is 9.59 Å². The summed E-state index contributed by atoms with van der Waals surface area (Å²) in [6.45, 7) is 2.37. The molecule has 2 aromatic heterocycles. The van der Waals surface area contributed by atoms with Crippen LogP contribution in [0.5, 0.6) is 0 Å². The number of amides is 1. The molecule has 0 unspecified atom stereocenters. The van der Waals surface area contributed by atoms with Crippen molar-refractivity contribution in [3.05, 3.63) is 52.9 Å². The van der Waals surface area contributed by atoms with Crippen LogP contribution in [0.1, 0.15) is 22.3 Å². The van der Waals surface area contributed by atoms with Crippen molar-refractivity contribution < 1.29 is 9.59 Å². The molecule has 3 rings (SSSR count). The summed E-state index contributed by atoms with van der Waals surface area (Å²) in [6.07, 6.45) is 0.190. The van der Waals surface area contributed by atoms with Crippen molar-refractivity contribution >= 4 is 34.8 Å². The number of thiophene rings is 1. The third-order valence-electron chi connectivity index (χ3n) is 3.75. The number of carbonyl (C=O) groups is 2. The number of nitrogens with zero attached hydrogens (tertiary/aromatic N) is 3. The quantitative estimate of drug-likeness (QED) is 0.474. The number of carbonyl (C=O) groups excluding carboxylic acids is 2. The predicted molar refractivity (Wildman–Crippen MR) is 103 cm³/mol. The van der Waals surface area contributed by atoms with E-state index in [1.54, 1.807) is 11.3 Å². The van der Waals surface area contributed by atoms with E-state index in [4.69, 9.17) is 5.73 Å². The molecule has 0 aliphatic rings. The van der Waals surface area contributed by atoms with Crippen molar-refractivity contribution in [3.63, 3.8) is 0 Å². The number of rotatable bonds is 8. The number of primary amides is 1. The van der Waals surface area contributed by atoms with E-state index in [1.807, 2.05) is 53.3 Å². The van der Waals surface area contributed by atoms with E-state index in [2.05, 4.69) is 10.2 Å². The Balaban J connectivity index is 1.77. The van der Waals surface area contributed by atoms with E-state index < -0.39 is 0 Å². The van der Waals surface area contributed by atoms with Crippen LogP contribution in [0.2, 0.25) is 0 Å². The summed E-state index contributed by atoms with van der Waals surface area (Å²) in [7, 11) is 0. The zero-order valence-corrected chi connectivity index (χ0v) is 15.8. The molecule has 1 aromatic carbocycles. The van der Waals surface area contributed by atoms with Crippen LogP contribution in [0.15, 0.2) is 46.9 Å². The number of nitrogens with two attached hydrogens (primary N) is 1. The van der Waals surface area contributed by atoms with Crippen LogP contribution in [-0.4, -0.2) is 32.2 Å². The lowest BCUT2D eigenvalue weighted by molar-refractivity contribution is -0.118. The van der Waals surface area contributed by atoms with Gasteiger partial charge in [0.1, 0.15) is 0 Å². The second-order valence-corrected chi connectivity index (χ2v) is 7.62. The Kier molecular flexibility index (Phi) is 5.85. The van der Waals surface area contributed by atoms with Crippen LogP contribution in [0, 0.1) is 6.92 Å². The standard InChI is InChI=1S/C18H18N4O2S2/c1-12-4-6-13(7-5-12)14(23)11-26-18-21-20-17(15-3-2-10-25-15)22(18)9-8-16(19)24/h2-7,10H,8-9,11H2,1H3,(H2,19,24). The first-order chi connectivity index (χ1) is 12.5. The summed E-state index contributed by atoms with van der Waals surface area (Å²) in [5.41, 5.74) is 7.07. The smallest absolute Gasteiger partial charge is 0.219 e. The van der Waals surface area contributed by atoms with Gasteiger partial charge >= 0.3 is 0 Å². The minimum atomic E-state index is -0.387. The SMILES string of the molecule is Cc1ccc(C(=O)CSc2nnc(-c3cccs3)n2CCC(N)=O)cc1. The van der Waals surface area contributed by atoms with Gasteiger partial charge in [-0.05, 0) is 18.4 Å². The van der Waals surface area contributed by atoms with E-state index in [0.717, 1.165) is 10.4 Å². The Morgan fingerprint density at radius 2 is 1.96 bits per heavy atom. The van der Waals surface area contributed by atoms with Gasteiger partial charge in [-0.2, -0.15) is 0 Å². The highest BCUT2D eigenvalue weighted by Gasteiger charge is 2.17. The van der Waals surface area contributed by atoms with Crippen molar-refractivity contribution in [2.75, 3.05) is 5.75 Å². The molecule has 0 fully saturated rings. The van der Waals surface area contributed by atoms with Crippen molar-refractivity contribution in [2.45, 2.75) is 25.0 Å². The number of hydrogen-bond donors (Lipinski definition) is 1. The molecule has 26 heavy (non-hydrogen) atoms. The number of thioether (sulfide) groups is 1. The molecule has 8 heteroatoms. The van der Waals surface area contributed by atoms with Crippen LogP contribution < -0.4 is 5.73 Å². The number of benzene rings is 1. The zero-order valence-electron chi connectivity index (χ0n) is 14.2. The minimum Gasteiger partial charge on any atom is -0.370 e. The molecule has 6 nitrogen and oxygen atoms in total. The predicted octanol–water partition coefficient (Wildman–Crippen LogP) is 3.17. The molecule has 2 heterocycles. The van der Waals surface area contributed by atoms with Gasteiger partial charge in [-0.15, -0.1) is 21.5 Å². The van der Waals surface area contributed by atoms with E-state index >= 15 is 0 Å². The molecule has 3 aromatic rings. The van der Waals surface area contributed by atoms with E-state index in [0.29, 0.717) is 23.1 Å². The highest BCUT2D eigenvalue weighted by molar-refractivity contribution is 7.99. The number of aryl methyl sites for hydroxylation is 1. The average molecular weight is 387 g/mol. The second-order valence-electron chi connectivity index (χ2n) is 5.73. The number of Topliss-reactive ketones (excluding diaryl/α,β-unsaturated/α-hetero) is 1. The molecule has 0 aliphatic carbocycles. The van der Waals surface area contributed by atoms with Gasteiger partial charge in [0.25, 0.3) is 0 Å². The molecule has 0 aliphatic heterocycles. The summed E-state index contributed by atoms with van der Waals surface area (Å²) in [5, 5.41) is 11.0. The van der Waals surface area contributed by atoms with Crippen molar-refractivity contribution in [1.29, 1.82) is 0 Å². The Bertz CT molecular complexity index is 902. The van der Waals surface area contributed by atoms with E-state index in [-0.39, 0.29) is 23.9 Å². The molecule has 0 bridgehead atoms. The molecule has 0 spiro atoms. The second kappa shape index (κ2) is 8.29. The first-order valence-corrected chi connectivity index (χ1v) is 9.89. The maximum atomic E-state index is 12.4. The van der Waals surface area contributed by atoms with Gasteiger partial charge in [0.05, 0.1) is 10.6 Å². The molecule has 2 N–H and O–H groups in total. The molecule has 0 atom stereocenters. The summed E-state index contributed by atoms with van der Waals surface area (Å²) in [4.78, 5) is 24.5. The van der Waals surface area contributed by atoms with Gasteiger partial charge in [-0.25, -0.2) is 0 Å². The minimum absolute atomic E-state index is 0.0251. The lowest BCUT2D eigenvalue weighted by Gasteiger charge is -2.08. The zero-order chi connectivity index (χ0) is 18.5. The summed E-state index contributed by atoms with van der Waals surface area (Å²) < 4.78 is 1.85. The third kappa shape index (κ3) is 4.39. The summed E-state index contributed by atoms with van der Waals surface area (Å²) >= 11 is 2.86. The summed E-state index contributed by atoms with van der Waals surface area (Å²) in [6, 6.07) is 11.4. The topological polar surface area (TPSA) is 90.9 Å². The fourth-order valence-corrected chi connectivity index (χ4v) is 3.94. The Morgan fingerprint density at radius 3 is 2.62 bits per heavy atom. The molecule has 0 saturated carbocycles. The monoisotopic (exact) mass is 386 g/mol. The molecular formula is C18H18N4O2S2. The van der Waals surface area contributed by atoms with Crippen molar-refractivity contribution in [3.8, 4) is 10.7 Å². The molecule has 134 valence electrons. The van der Waals surface area contributed by atoms with Crippen molar-refractivity contribution in [1.82, 2.24) is 14.8 Å². The lowest BCUT2D eigenvalue weighted by Crippen LogP contribution is -2.15. The maximum absolute atomic E-state index is 12.4. The number of ketones is 1. The fraction of sp³-hybridized carbons (Fsp3) is 0.222. The Labute approximate surface area is 159 Å². The molecule has 1 amide bonds. The van der Waals surface area contributed by atoms with Gasteiger partial charge in [0.2, 0.25) is 5.91 Å². The Morgan fingerprint density at radius 1 is 1.19 bits per heavy atom. The number of aromatic nitrogens is 3. The highest BCUT2D eigenvalue weighted by Crippen LogP contribution is 2.27. The average Bonchev–Trinajstić information content (AvgIpc) is 3.27. The van der Waals surface area contributed by atoms with Crippen LogP contribution in [-0.2, 0) is 11.3 Å². The Hall–Kier alpha value is -2.45. The van der Waals surface area contributed by atoms with Gasteiger partial charge in [-0.1, -0.05) is 47.7 Å². The van der Waals surface area contributed by atoms with Crippen LogP contribution >= 0.6 is 23.1 Å². The maximum Gasteiger partial charge on any atom is 0.219 e. The van der Waals surface area contributed by atoms with Gasteiger partial charge < -0.3 is 10.3 Å². The highest BCUT2D eigenvalue weighted by atomic mass is 32.2. The third-order valence-corrected chi connectivity index (χ3v) is 5.58. The first kappa shape index (κ1) is 18.3. The first-order valence-electron chi connectivity index (χ1n) is 8.02. The largest absolute Gasteiger partial charge is 0.370 e.